The van der Waals surface area contributed by atoms with Gasteiger partial charge in [0.05, 0.1) is 22.1 Å². The lowest BCUT2D eigenvalue weighted by atomic mass is 10.2. The molecule has 0 aliphatic heterocycles. The van der Waals surface area contributed by atoms with Crippen LogP contribution in [-0.4, -0.2) is 21.5 Å². The molecule has 21 heavy (non-hydrogen) atoms. The molecule has 2 aromatic rings. The number of methoxy groups -OCH3 is 1. The van der Waals surface area contributed by atoms with Crippen LogP contribution in [0.1, 0.15) is 10.4 Å². The van der Waals surface area contributed by atoms with Gasteiger partial charge in [0.1, 0.15) is 10.0 Å². The van der Waals surface area contributed by atoms with Crippen LogP contribution in [0.5, 0.6) is 0 Å². The Hall–Kier alpha value is -1.45. The third kappa shape index (κ3) is 3.60. The number of hydrogen-bond donors (Lipinski definition) is 1. The van der Waals surface area contributed by atoms with Crippen molar-refractivity contribution in [2.24, 2.45) is 0 Å². The van der Waals surface area contributed by atoms with Crippen LogP contribution in [-0.2, 0) is 14.8 Å². The highest BCUT2D eigenvalue weighted by Crippen LogP contribution is 2.28. The van der Waals surface area contributed by atoms with Gasteiger partial charge in [0, 0.05) is 0 Å². The van der Waals surface area contributed by atoms with Crippen molar-refractivity contribution in [3.05, 3.63) is 45.5 Å². The van der Waals surface area contributed by atoms with E-state index in [0.717, 1.165) is 30.6 Å². The van der Waals surface area contributed by atoms with Crippen LogP contribution < -0.4 is 4.72 Å². The first-order valence-electron chi connectivity index (χ1n) is 5.49. The Morgan fingerprint density at radius 3 is 2.62 bits per heavy atom. The maximum absolute atomic E-state index is 13.2. The Labute approximate surface area is 132 Å². The highest BCUT2D eigenvalue weighted by Gasteiger charge is 2.21. The third-order valence-electron chi connectivity index (χ3n) is 2.44. The smallest absolute Gasteiger partial charge is 0.340 e. The Morgan fingerprint density at radius 2 is 2.05 bits per heavy atom. The molecule has 2 rings (SSSR count). The Kier molecular flexibility index (Phi) is 4.64. The highest BCUT2D eigenvalue weighted by molar-refractivity contribution is 9.11. The fourth-order valence-electron chi connectivity index (χ4n) is 1.52. The van der Waals surface area contributed by atoms with Crippen molar-refractivity contribution in [1.82, 2.24) is 0 Å². The summed E-state index contributed by atoms with van der Waals surface area (Å²) in [5.74, 6) is -1.50. The fraction of sp³-hybridized carbons (Fsp3) is 0.0833. The van der Waals surface area contributed by atoms with Gasteiger partial charge < -0.3 is 4.74 Å². The molecule has 9 heteroatoms. The van der Waals surface area contributed by atoms with Gasteiger partial charge in [-0.1, -0.05) is 0 Å². The second kappa shape index (κ2) is 6.12. The summed E-state index contributed by atoms with van der Waals surface area (Å²) < 4.78 is 45.1. The number of esters is 1. The van der Waals surface area contributed by atoms with Crippen molar-refractivity contribution in [2.75, 3.05) is 11.8 Å². The van der Waals surface area contributed by atoms with Crippen LogP contribution in [0, 0.1) is 5.82 Å². The highest BCUT2D eigenvalue weighted by atomic mass is 79.9. The van der Waals surface area contributed by atoms with E-state index in [1.807, 2.05) is 0 Å². The number of thiophene rings is 1. The predicted molar refractivity (Wildman–Crippen MR) is 80.6 cm³/mol. The van der Waals surface area contributed by atoms with Crippen LogP contribution in [0.4, 0.5) is 10.1 Å². The maximum atomic E-state index is 13.2. The number of benzene rings is 1. The first kappa shape index (κ1) is 15.9. The van der Waals surface area contributed by atoms with Gasteiger partial charge in [-0.3, -0.25) is 4.72 Å². The standard InChI is InChI=1S/C12H9BrFNO4S2/c1-19-12(16)8-6-7(14)2-3-9(8)15-21(17,18)11-5-4-10(13)20-11/h2-6,15H,1H3. The molecule has 1 aromatic carbocycles. The minimum Gasteiger partial charge on any atom is -0.465 e. The van der Waals surface area contributed by atoms with E-state index in [2.05, 4.69) is 25.4 Å². The molecule has 0 radical (unpaired) electrons. The molecule has 0 bridgehead atoms. The first-order chi connectivity index (χ1) is 9.83. The lowest BCUT2D eigenvalue weighted by Gasteiger charge is -2.10. The van der Waals surface area contributed by atoms with E-state index >= 15 is 0 Å². The summed E-state index contributed by atoms with van der Waals surface area (Å²) in [6, 6.07) is 6.13. The Bertz CT molecular complexity index is 788. The van der Waals surface area contributed by atoms with Crippen molar-refractivity contribution in [2.45, 2.75) is 4.21 Å². The molecule has 1 heterocycles. The summed E-state index contributed by atoms with van der Waals surface area (Å²) in [7, 11) is -2.73. The molecule has 0 saturated heterocycles. The zero-order valence-corrected chi connectivity index (χ0v) is 13.8. The number of halogens is 2. The summed E-state index contributed by atoms with van der Waals surface area (Å²) in [5, 5.41) is 0. The van der Waals surface area contributed by atoms with Crippen LogP contribution >= 0.6 is 27.3 Å². The fourth-order valence-corrected chi connectivity index (χ4v) is 4.61. The van der Waals surface area contributed by atoms with E-state index in [-0.39, 0.29) is 15.5 Å². The largest absolute Gasteiger partial charge is 0.465 e. The van der Waals surface area contributed by atoms with Gasteiger partial charge in [0.2, 0.25) is 0 Å². The SMILES string of the molecule is COC(=O)c1cc(F)ccc1NS(=O)(=O)c1ccc(Br)s1. The van der Waals surface area contributed by atoms with Crippen LogP contribution in [0.25, 0.3) is 0 Å². The minimum atomic E-state index is -3.86. The molecule has 0 amide bonds. The molecular formula is C12H9BrFNO4S2. The number of anilines is 1. The molecule has 0 atom stereocenters. The summed E-state index contributed by atoms with van der Waals surface area (Å²) in [6.45, 7) is 0. The molecule has 0 aliphatic carbocycles. The monoisotopic (exact) mass is 393 g/mol. The molecule has 1 aromatic heterocycles. The lowest BCUT2D eigenvalue weighted by Crippen LogP contribution is -2.15. The topological polar surface area (TPSA) is 72.5 Å². The second-order valence-corrected chi connectivity index (χ2v) is 8.22. The predicted octanol–water partition coefficient (Wildman–Crippen LogP) is 3.24. The van der Waals surface area contributed by atoms with Gasteiger partial charge in [-0.25, -0.2) is 17.6 Å². The number of carbonyl (C=O) groups excluding carboxylic acids is 1. The minimum absolute atomic E-state index is 0.0484. The van der Waals surface area contributed by atoms with Gasteiger partial charge in [-0.15, -0.1) is 11.3 Å². The van der Waals surface area contributed by atoms with Crippen molar-refractivity contribution in [3.63, 3.8) is 0 Å². The molecule has 0 saturated carbocycles. The normalized spacial score (nSPS) is 11.2. The number of nitrogens with one attached hydrogen (secondary N) is 1. The molecule has 0 spiro atoms. The van der Waals surface area contributed by atoms with E-state index in [1.54, 1.807) is 6.07 Å². The van der Waals surface area contributed by atoms with E-state index in [4.69, 9.17) is 0 Å². The summed E-state index contributed by atoms with van der Waals surface area (Å²) in [4.78, 5) is 11.6. The molecular weight excluding hydrogens is 385 g/mol. The van der Waals surface area contributed by atoms with E-state index < -0.39 is 21.8 Å². The van der Waals surface area contributed by atoms with Crippen LogP contribution in [0.15, 0.2) is 38.3 Å². The average molecular weight is 394 g/mol. The first-order valence-corrected chi connectivity index (χ1v) is 8.59. The number of ether oxygens (including phenoxy) is 1. The number of sulfonamides is 1. The Morgan fingerprint density at radius 1 is 1.33 bits per heavy atom. The van der Waals surface area contributed by atoms with E-state index in [9.17, 15) is 17.6 Å². The van der Waals surface area contributed by atoms with Gasteiger partial charge in [0.15, 0.2) is 0 Å². The van der Waals surface area contributed by atoms with Gasteiger partial charge in [-0.2, -0.15) is 0 Å². The molecule has 0 unspecified atom stereocenters. The second-order valence-electron chi connectivity index (χ2n) is 3.85. The summed E-state index contributed by atoms with van der Waals surface area (Å²) in [5.41, 5.74) is -0.246. The number of hydrogen-bond acceptors (Lipinski definition) is 5. The lowest BCUT2D eigenvalue weighted by molar-refractivity contribution is 0.0601. The summed E-state index contributed by atoms with van der Waals surface area (Å²) >= 11 is 4.18. The molecule has 0 aliphatic rings. The van der Waals surface area contributed by atoms with E-state index in [1.165, 1.54) is 12.1 Å². The van der Waals surface area contributed by atoms with Crippen molar-refractivity contribution < 1.29 is 22.3 Å². The summed E-state index contributed by atoms with van der Waals surface area (Å²) in [6.07, 6.45) is 0. The molecule has 112 valence electrons. The average Bonchev–Trinajstić information content (AvgIpc) is 2.87. The third-order valence-corrected chi connectivity index (χ3v) is 5.93. The van der Waals surface area contributed by atoms with Gasteiger partial charge >= 0.3 is 5.97 Å². The molecule has 0 fully saturated rings. The zero-order valence-electron chi connectivity index (χ0n) is 10.6. The number of rotatable bonds is 4. The number of carbonyl (C=O) groups is 1. The molecule has 5 nitrogen and oxygen atoms in total. The molecule has 1 N–H and O–H groups in total. The van der Waals surface area contributed by atoms with Crippen molar-refractivity contribution >= 4 is 48.9 Å². The van der Waals surface area contributed by atoms with Crippen molar-refractivity contribution in [1.29, 1.82) is 0 Å². The van der Waals surface area contributed by atoms with Gasteiger partial charge in [0.25, 0.3) is 10.0 Å². The van der Waals surface area contributed by atoms with Gasteiger partial charge in [-0.05, 0) is 46.3 Å². The maximum Gasteiger partial charge on any atom is 0.340 e. The van der Waals surface area contributed by atoms with E-state index in [0.29, 0.717) is 3.79 Å². The van der Waals surface area contributed by atoms with Crippen LogP contribution in [0.3, 0.4) is 0 Å². The quantitative estimate of drug-likeness (QED) is 0.809. The van der Waals surface area contributed by atoms with Crippen LogP contribution in [0.2, 0.25) is 0 Å². The Balaban J connectivity index is 2.42. The van der Waals surface area contributed by atoms with Crippen molar-refractivity contribution in [3.8, 4) is 0 Å². The zero-order chi connectivity index (χ0) is 15.6.